The maximum absolute atomic E-state index is 12.4. The number of carbonyl (C=O) groups is 1. The minimum Gasteiger partial charge on any atom is -0.375 e. The van der Waals surface area contributed by atoms with Crippen molar-refractivity contribution in [2.75, 3.05) is 26.2 Å². The number of amides is 1. The van der Waals surface area contributed by atoms with E-state index in [0.717, 1.165) is 38.9 Å². The van der Waals surface area contributed by atoms with Crippen LogP contribution in [0.15, 0.2) is 0 Å². The molecule has 0 aromatic rings. The fraction of sp³-hybridized carbons (Fsp3) is 0.923. The molecule has 1 aliphatic carbocycles. The highest BCUT2D eigenvalue weighted by molar-refractivity contribution is 5.79. The minimum absolute atomic E-state index is 0.182. The number of nitrogens with two attached hydrogens (primary N) is 1. The third-order valence-electron chi connectivity index (χ3n) is 4.02. The molecule has 1 aliphatic heterocycles. The summed E-state index contributed by atoms with van der Waals surface area (Å²) < 4.78 is 5.47. The summed E-state index contributed by atoms with van der Waals surface area (Å²) in [6, 6.07) is 0. The van der Waals surface area contributed by atoms with E-state index in [0.29, 0.717) is 18.4 Å². The van der Waals surface area contributed by atoms with E-state index in [1.54, 1.807) is 0 Å². The van der Waals surface area contributed by atoms with Gasteiger partial charge < -0.3 is 15.4 Å². The second-order valence-electron chi connectivity index (χ2n) is 5.43. The fourth-order valence-electron chi connectivity index (χ4n) is 3.01. The van der Waals surface area contributed by atoms with Gasteiger partial charge in [-0.15, -0.1) is 0 Å². The summed E-state index contributed by atoms with van der Waals surface area (Å²) in [6.45, 7) is 4.95. The van der Waals surface area contributed by atoms with E-state index >= 15 is 0 Å². The highest BCUT2D eigenvalue weighted by Gasteiger charge is 2.31. The lowest BCUT2D eigenvalue weighted by molar-refractivity contribution is -0.144. The summed E-state index contributed by atoms with van der Waals surface area (Å²) in [5, 5.41) is 0. The Labute approximate surface area is 103 Å². The van der Waals surface area contributed by atoms with Gasteiger partial charge in [0, 0.05) is 19.0 Å². The molecule has 3 atom stereocenters. The van der Waals surface area contributed by atoms with Crippen LogP contribution in [-0.4, -0.2) is 43.2 Å². The number of nitrogens with zero attached hydrogens (tertiary/aromatic N) is 1. The van der Waals surface area contributed by atoms with Crippen molar-refractivity contribution < 1.29 is 9.53 Å². The Kier molecular flexibility index (Phi) is 4.40. The van der Waals surface area contributed by atoms with Gasteiger partial charge in [-0.3, -0.25) is 4.79 Å². The molecule has 2 N–H and O–H groups in total. The molecule has 17 heavy (non-hydrogen) atoms. The Bertz CT molecular complexity index is 270. The van der Waals surface area contributed by atoms with E-state index < -0.39 is 0 Å². The van der Waals surface area contributed by atoms with Crippen molar-refractivity contribution in [3.05, 3.63) is 0 Å². The summed E-state index contributed by atoms with van der Waals surface area (Å²) >= 11 is 0. The first-order chi connectivity index (χ1) is 8.20. The van der Waals surface area contributed by atoms with Gasteiger partial charge in [0.25, 0.3) is 0 Å². The molecule has 1 saturated carbocycles. The van der Waals surface area contributed by atoms with Gasteiger partial charge in [0.1, 0.15) is 0 Å². The van der Waals surface area contributed by atoms with Gasteiger partial charge >= 0.3 is 0 Å². The molecule has 2 fully saturated rings. The first-order valence-corrected chi connectivity index (χ1v) is 6.81. The van der Waals surface area contributed by atoms with E-state index in [1.807, 2.05) is 11.8 Å². The van der Waals surface area contributed by atoms with E-state index in [-0.39, 0.29) is 12.0 Å². The van der Waals surface area contributed by atoms with Crippen LogP contribution in [0.3, 0.4) is 0 Å². The summed E-state index contributed by atoms with van der Waals surface area (Å²) in [5.41, 5.74) is 5.72. The predicted molar refractivity (Wildman–Crippen MR) is 66.5 cm³/mol. The van der Waals surface area contributed by atoms with Crippen LogP contribution in [0.1, 0.15) is 32.6 Å². The van der Waals surface area contributed by atoms with E-state index in [1.165, 1.54) is 6.42 Å². The standard InChI is InChI=1S/C13H24N2O2/c1-10-9-15(5-6-17-10)13(16)12-4-2-3-11(7-12)8-14/h10-12H,2-9,14H2,1H3. The van der Waals surface area contributed by atoms with Crippen molar-refractivity contribution in [1.29, 1.82) is 0 Å². The number of rotatable bonds is 2. The topological polar surface area (TPSA) is 55.6 Å². The largest absolute Gasteiger partial charge is 0.375 e. The molecule has 2 rings (SSSR count). The average Bonchev–Trinajstić information content (AvgIpc) is 2.38. The van der Waals surface area contributed by atoms with Crippen LogP contribution in [-0.2, 0) is 9.53 Å². The van der Waals surface area contributed by atoms with E-state index in [2.05, 4.69) is 0 Å². The molecule has 1 amide bonds. The van der Waals surface area contributed by atoms with Crippen molar-refractivity contribution in [2.24, 2.45) is 17.6 Å². The molecule has 0 aromatic carbocycles. The summed E-state index contributed by atoms with van der Waals surface area (Å²) in [7, 11) is 0. The van der Waals surface area contributed by atoms with Gasteiger partial charge in [-0.05, 0) is 38.6 Å². The molecule has 0 radical (unpaired) electrons. The van der Waals surface area contributed by atoms with Gasteiger partial charge in [-0.1, -0.05) is 6.42 Å². The van der Waals surface area contributed by atoms with Crippen LogP contribution in [0.5, 0.6) is 0 Å². The Morgan fingerprint density at radius 1 is 1.47 bits per heavy atom. The zero-order chi connectivity index (χ0) is 12.3. The Balaban J connectivity index is 1.89. The maximum Gasteiger partial charge on any atom is 0.225 e. The van der Waals surface area contributed by atoms with Crippen LogP contribution >= 0.6 is 0 Å². The van der Waals surface area contributed by atoms with Crippen LogP contribution in [0.2, 0.25) is 0 Å². The number of carbonyl (C=O) groups excluding carboxylic acids is 1. The second kappa shape index (κ2) is 5.83. The van der Waals surface area contributed by atoms with Crippen LogP contribution < -0.4 is 5.73 Å². The Morgan fingerprint density at radius 2 is 2.29 bits per heavy atom. The first kappa shape index (κ1) is 12.8. The number of ether oxygens (including phenoxy) is 1. The molecular formula is C13H24N2O2. The molecule has 1 saturated heterocycles. The van der Waals surface area contributed by atoms with Gasteiger partial charge in [0.2, 0.25) is 5.91 Å². The molecule has 1 heterocycles. The fourth-order valence-corrected chi connectivity index (χ4v) is 3.01. The predicted octanol–water partition coefficient (Wildman–Crippen LogP) is 0.999. The maximum atomic E-state index is 12.4. The van der Waals surface area contributed by atoms with Gasteiger partial charge in [-0.2, -0.15) is 0 Å². The molecule has 0 spiro atoms. The number of hydrogen-bond donors (Lipinski definition) is 1. The zero-order valence-corrected chi connectivity index (χ0v) is 10.7. The zero-order valence-electron chi connectivity index (χ0n) is 10.7. The van der Waals surface area contributed by atoms with E-state index in [4.69, 9.17) is 10.5 Å². The van der Waals surface area contributed by atoms with Gasteiger partial charge in [0.15, 0.2) is 0 Å². The summed E-state index contributed by atoms with van der Waals surface area (Å²) in [5.74, 6) is 1.09. The van der Waals surface area contributed by atoms with Crippen LogP contribution in [0, 0.1) is 11.8 Å². The molecule has 98 valence electrons. The van der Waals surface area contributed by atoms with Crippen LogP contribution in [0.25, 0.3) is 0 Å². The molecule has 3 unspecified atom stereocenters. The van der Waals surface area contributed by atoms with Crippen molar-refractivity contribution in [3.63, 3.8) is 0 Å². The third-order valence-corrected chi connectivity index (χ3v) is 4.02. The molecule has 0 bridgehead atoms. The summed E-state index contributed by atoms with van der Waals surface area (Å²) in [6.07, 6.45) is 4.56. The molecular weight excluding hydrogens is 216 g/mol. The third kappa shape index (κ3) is 3.19. The second-order valence-corrected chi connectivity index (χ2v) is 5.43. The monoisotopic (exact) mass is 240 g/mol. The minimum atomic E-state index is 0.182. The molecule has 0 aromatic heterocycles. The quantitative estimate of drug-likeness (QED) is 0.783. The SMILES string of the molecule is CC1CN(C(=O)C2CCCC(CN)C2)CCO1. The van der Waals surface area contributed by atoms with Crippen molar-refractivity contribution in [2.45, 2.75) is 38.7 Å². The first-order valence-electron chi connectivity index (χ1n) is 6.81. The van der Waals surface area contributed by atoms with Crippen molar-refractivity contribution >= 4 is 5.91 Å². The highest BCUT2D eigenvalue weighted by atomic mass is 16.5. The molecule has 4 heteroatoms. The van der Waals surface area contributed by atoms with Crippen LogP contribution in [0.4, 0.5) is 0 Å². The number of morpholine rings is 1. The Morgan fingerprint density at radius 3 is 3.00 bits per heavy atom. The summed E-state index contributed by atoms with van der Waals surface area (Å²) in [4.78, 5) is 14.4. The van der Waals surface area contributed by atoms with E-state index in [9.17, 15) is 4.79 Å². The number of hydrogen-bond acceptors (Lipinski definition) is 3. The van der Waals surface area contributed by atoms with Crippen molar-refractivity contribution in [1.82, 2.24) is 4.90 Å². The highest BCUT2D eigenvalue weighted by Crippen LogP contribution is 2.30. The Hall–Kier alpha value is -0.610. The van der Waals surface area contributed by atoms with Crippen molar-refractivity contribution in [3.8, 4) is 0 Å². The van der Waals surface area contributed by atoms with Gasteiger partial charge in [0.05, 0.1) is 12.7 Å². The smallest absolute Gasteiger partial charge is 0.225 e. The van der Waals surface area contributed by atoms with Gasteiger partial charge in [-0.25, -0.2) is 0 Å². The lowest BCUT2D eigenvalue weighted by atomic mass is 9.80. The molecule has 4 nitrogen and oxygen atoms in total. The normalized spacial score (nSPS) is 34.7. The lowest BCUT2D eigenvalue weighted by Crippen LogP contribution is -2.47. The average molecular weight is 240 g/mol. The molecule has 2 aliphatic rings. The lowest BCUT2D eigenvalue weighted by Gasteiger charge is -2.36.